The van der Waals surface area contributed by atoms with Crippen LogP contribution in [0.5, 0.6) is 0 Å². The summed E-state index contributed by atoms with van der Waals surface area (Å²) in [7, 11) is 1.78. The Labute approximate surface area is 124 Å². The first-order valence-electron chi connectivity index (χ1n) is 6.86. The number of carbonyl (C=O) groups excluding carboxylic acids is 1. The van der Waals surface area contributed by atoms with Crippen LogP contribution < -0.4 is 10.6 Å². The predicted octanol–water partition coefficient (Wildman–Crippen LogP) is 3.67. The molecule has 0 saturated carbocycles. The lowest BCUT2D eigenvalue weighted by molar-refractivity contribution is 0.0940. The van der Waals surface area contributed by atoms with Gasteiger partial charge in [-0.15, -0.1) is 0 Å². The maximum Gasteiger partial charge on any atom is 0.253 e. The highest BCUT2D eigenvalue weighted by Gasteiger charge is 2.15. The van der Waals surface area contributed by atoms with E-state index in [4.69, 9.17) is 0 Å². The highest BCUT2D eigenvalue weighted by Crippen LogP contribution is 2.19. The van der Waals surface area contributed by atoms with E-state index in [1.807, 2.05) is 32.0 Å². The van der Waals surface area contributed by atoms with Crippen molar-refractivity contribution in [3.63, 3.8) is 0 Å². The van der Waals surface area contributed by atoms with Crippen molar-refractivity contribution in [2.75, 3.05) is 12.4 Å². The standard InChI is InChI=1S/C17H19FN2O/c1-11-7-8-16(19-3)15(9-11)17(21)20-12(2)13-5-4-6-14(18)10-13/h4-10,12,19H,1-3H3,(H,20,21). The van der Waals surface area contributed by atoms with Gasteiger partial charge in [0.1, 0.15) is 5.82 Å². The van der Waals surface area contributed by atoms with E-state index in [0.29, 0.717) is 5.56 Å². The summed E-state index contributed by atoms with van der Waals surface area (Å²) in [4.78, 5) is 12.4. The molecule has 3 nitrogen and oxygen atoms in total. The van der Waals surface area contributed by atoms with Crippen LogP contribution in [0.15, 0.2) is 42.5 Å². The Morgan fingerprint density at radius 3 is 2.62 bits per heavy atom. The van der Waals surface area contributed by atoms with Crippen molar-refractivity contribution in [3.05, 3.63) is 65.0 Å². The Morgan fingerprint density at radius 1 is 1.19 bits per heavy atom. The molecule has 0 aliphatic rings. The van der Waals surface area contributed by atoms with Crippen LogP contribution in [0, 0.1) is 12.7 Å². The molecule has 0 aliphatic carbocycles. The number of halogens is 1. The monoisotopic (exact) mass is 286 g/mol. The number of hydrogen-bond acceptors (Lipinski definition) is 2. The number of amides is 1. The lowest BCUT2D eigenvalue weighted by atomic mass is 10.1. The van der Waals surface area contributed by atoms with Gasteiger partial charge < -0.3 is 10.6 Å². The summed E-state index contributed by atoms with van der Waals surface area (Å²) >= 11 is 0. The summed E-state index contributed by atoms with van der Waals surface area (Å²) in [5.74, 6) is -0.486. The quantitative estimate of drug-likeness (QED) is 0.900. The highest BCUT2D eigenvalue weighted by molar-refractivity contribution is 6.00. The van der Waals surface area contributed by atoms with E-state index in [0.717, 1.165) is 16.8 Å². The van der Waals surface area contributed by atoms with Gasteiger partial charge in [0.15, 0.2) is 0 Å². The van der Waals surface area contributed by atoms with E-state index in [-0.39, 0.29) is 17.8 Å². The van der Waals surface area contributed by atoms with Gasteiger partial charge in [0.25, 0.3) is 5.91 Å². The molecule has 0 heterocycles. The van der Waals surface area contributed by atoms with Crippen molar-refractivity contribution in [2.24, 2.45) is 0 Å². The zero-order chi connectivity index (χ0) is 15.4. The summed E-state index contributed by atoms with van der Waals surface area (Å²) < 4.78 is 13.2. The Hall–Kier alpha value is -2.36. The van der Waals surface area contributed by atoms with Gasteiger partial charge in [-0.2, -0.15) is 0 Å². The molecule has 0 fully saturated rings. The minimum Gasteiger partial charge on any atom is -0.387 e. The van der Waals surface area contributed by atoms with Gasteiger partial charge in [-0.05, 0) is 43.7 Å². The average molecular weight is 286 g/mol. The summed E-state index contributed by atoms with van der Waals surface area (Å²) in [5, 5.41) is 5.90. The van der Waals surface area contributed by atoms with Crippen molar-refractivity contribution < 1.29 is 9.18 Å². The lowest BCUT2D eigenvalue weighted by Gasteiger charge is -2.16. The molecule has 110 valence electrons. The molecular weight excluding hydrogens is 267 g/mol. The van der Waals surface area contributed by atoms with E-state index < -0.39 is 0 Å². The average Bonchev–Trinajstić information content (AvgIpc) is 2.47. The molecule has 1 amide bonds. The van der Waals surface area contributed by atoms with E-state index in [2.05, 4.69) is 10.6 Å². The van der Waals surface area contributed by atoms with Crippen LogP contribution in [0.4, 0.5) is 10.1 Å². The fourth-order valence-electron chi connectivity index (χ4n) is 2.20. The SMILES string of the molecule is CNc1ccc(C)cc1C(=O)NC(C)c1cccc(F)c1. The van der Waals surface area contributed by atoms with Gasteiger partial charge in [-0.3, -0.25) is 4.79 Å². The molecule has 0 radical (unpaired) electrons. The van der Waals surface area contributed by atoms with Crippen molar-refractivity contribution in [3.8, 4) is 0 Å². The second kappa shape index (κ2) is 6.39. The molecule has 0 aliphatic heterocycles. The molecule has 0 bridgehead atoms. The predicted molar refractivity (Wildman–Crippen MR) is 83.0 cm³/mol. The lowest BCUT2D eigenvalue weighted by Crippen LogP contribution is -2.27. The second-order valence-corrected chi connectivity index (χ2v) is 5.05. The molecule has 2 N–H and O–H groups in total. The van der Waals surface area contributed by atoms with Crippen LogP contribution in [0.1, 0.15) is 34.5 Å². The van der Waals surface area contributed by atoms with Crippen LogP contribution >= 0.6 is 0 Å². The van der Waals surface area contributed by atoms with E-state index >= 15 is 0 Å². The molecule has 1 atom stereocenters. The van der Waals surface area contributed by atoms with E-state index in [9.17, 15) is 9.18 Å². The smallest absolute Gasteiger partial charge is 0.253 e. The van der Waals surface area contributed by atoms with Crippen LogP contribution in [0.3, 0.4) is 0 Å². The van der Waals surface area contributed by atoms with Gasteiger partial charge in [0.2, 0.25) is 0 Å². The zero-order valence-corrected chi connectivity index (χ0v) is 12.4. The molecular formula is C17H19FN2O. The number of hydrogen-bond donors (Lipinski definition) is 2. The molecule has 2 aromatic carbocycles. The Morgan fingerprint density at radius 2 is 1.95 bits per heavy atom. The van der Waals surface area contributed by atoms with Gasteiger partial charge in [0, 0.05) is 12.7 Å². The van der Waals surface area contributed by atoms with Crippen LogP contribution in [-0.4, -0.2) is 13.0 Å². The van der Waals surface area contributed by atoms with E-state index in [1.54, 1.807) is 19.2 Å². The number of rotatable bonds is 4. The van der Waals surface area contributed by atoms with Gasteiger partial charge in [0.05, 0.1) is 11.6 Å². The van der Waals surface area contributed by atoms with Crippen molar-refractivity contribution in [1.82, 2.24) is 5.32 Å². The van der Waals surface area contributed by atoms with Crippen LogP contribution in [0.2, 0.25) is 0 Å². The normalized spacial score (nSPS) is 11.8. The van der Waals surface area contributed by atoms with Crippen LogP contribution in [0.25, 0.3) is 0 Å². The van der Waals surface area contributed by atoms with Gasteiger partial charge >= 0.3 is 0 Å². The third-order valence-corrected chi connectivity index (χ3v) is 3.39. The third-order valence-electron chi connectivity index (χ3n) is 3.39. The molecule has 2 aromatic rings. The Balaban J connectivity index is 2.20. The summed E-state index contributed by atoms with van der Waals surface area (Å²) in [5.41, 5.74) is 3.10. The maximum atomic E-state index is 13.2. The van der Waals surface area contributed by atoms with Crippen LogP contribution in [-0.2, 0) is 0 Å². The minimum absolute atomic E-state index is 0.181. The molecule has 0 aromatic heterocycles. The topological polar surface area (TPSA) is 41.1 Å². The Kier molecular flexibility index (Phi) is 4.58. The largest absolute Gasteiger partial charge is 0.387 e. The maximum absolute atomic E-state index is 13.2. The van der Waals surface area contributed by atoms with Gasteiger partial charge in [-0.1, -0.05) is 23.8 Å². The van der Waals surface area contributed by atoms with Crippen molar-refractivity contribution >= 4 is 11.6 Å². The first-order chi connectivity index (χ1) is 10.0. The van der Waals surface area contributed by atoms with Gasteiger partial charge in [-0.25, -0.2) is 4.39 Å². The fourth-order valence-corrected chi connectivity index (χ4v) is 2.20. The Bertz CT molecular complexity index is 655. The number of carbonyl (C=O) groups is 1. The number of benzene rings is 2. The summed E-state index contributed by atoms with van der Waals surface area (Å²) in [6.45, 7) is 3.77. The second-order valence-electron chi connectivity index (χ2n) is 5.05. The fraction of sp³-hybridized carbons (Fsp3) is 0.235. The molecule has 0 saturated heterocycles. The molecule has 0 spiro atoms. The minimum atomic E-state index is -0.305. The first-order valence-corrected chi connectivity index (χ1v) is 6.86. The molecule has 1 unspecified atom stereocenters. The van der Waals surface area contributed by atoms with Crippen molar-refractivity contribution in [1.29, 1.82) is 0 Å². The molecule has 4 heteroatoms. The number of aryl methyl sites for hydroxylation is 1. The zero-order valence-electron chi connectivity index (χ0n) is 12.4. The first kappa shape index (κ1) is 15.0. The van der Waals surface area contributed by atoms with Crippen molar-refractivity contribution in [2.45, 2.75) is 19.9 Å². The third kappa shape index (κ3) is 3.60. The van der Waals surface area contributed by atoms with E-state index in [1.165, 1.54) is 12.1 Å². The highest BCUT2D eigenvalue weighted by atomic mass is 19.1. The summed E-state index contributed by atoms with van der Waals surface area (Å²) in [6, 6.07) is 11.6. The molecule has 21 heavy (non-hydrogen) atoms. The molecule has 2 rings (SSSR count). The summed E-state index contributed by atoms with van der Waals surface area (Å²) in [6.07, 6.45) is 0. The number of nitrogens with one attached hydrogen (secondary N) is 2. The number of anilines is 1.